The topological polar surface area (TPSA) is 61.5 Å². The molecule has 3 rings (SSSR count). The molecule has 1 fully saturated rings. The predicted octanol–water partition coefficient (Wildman–Crippen LogP) is 2.19. The van der Waals surface area contributed by atoms with Crippen molar-refractivity contribution in [2.24, 2.45) is 0 Å². The van der Waals surface area contributed by atoms with Crippen LogP contribution in [-0.4, -0.2) is 59.0 Å². The first-order chi connectivity index (χ1) is 11.1. The van der Waals surface area contributed by atoms with Crippen LogP contribution in [0.1, 0.15) is 32.1 Å². The average Bonchev–Trinajstić information content (AvgIpc) is 2.98. The van der Waals surface area contributed by atoms with Gasteiger partial charge in [-0.3, -0.25) is 9.69 Å². The number of imidazole rings is 1. The lowest BCUT2D eigenvalue weighted by atomic mass is 10.1. The Hall–Kier alpha value is -2.08. The number of rotatable bonds is 4. The highest BCUT2D eigenvalue weighted by molar-refractivity contribution is 5.77. The fraction of sp³-hybridized carbons (Fsp3) is 0.529. The zero-order valence-electron chi connectivity index (χ0n) is 14.0. The third-order valence-corrected chi connectivity index (χ3v) is 4.61. The molecule has 0 saturated carbocycles. The van der Waals surface area contributed by atoms with Crippen LogP contribution in [-0.2, 0) is 4.79 Å². The molecule has 1 aliphatic rings. The number of methoxy groups -OCH3 is 1. The monoisotopic (exact) mass is 316 g/mol. The molecule has 2 heterocycles. The summed E-state index contributed by atoms with van der Waals surface area (Å²) in [5.41, 5.74) is 1.96. The van der Waals surface area contributed by atoms with Gasteiger partial charge < -0.3 is 14.6 Å². The van der Waals surface area contributed by atoms with E-state index in [4.69, 9.17) is 9.72 Å². The zero-order valence-corrected chi connectivity index (χ0v) is 14.0. The Balaban J connectivity index is 1.79. The van der Waals surface area contributed by atoms with Crippen LogP contribution in [0.5, 0.6) is 5.75 Å². The van der Waals surface area contributed by atoms with Crippen LogP contribution in [0.25, 0.3) is 11.0 Å². The van der Waals surface area contributed by atoms with E-state index in [1.165, 1.54) is 0 Å². The zero-order chi connectivity index (χ0) is 16.4. The fourth-order valence-electron chi connectivity index (χ4n) is 3.27. The van der Waals surface area contributed by atoms with Gasteiger partial charge in [0.25, 0.3) is 0 Å². The van der Waals surface area contributed by atoms with E-state index < -0.39 is 0 Å². The number of carbonyl (C=O) groups is 1. The predicted molar refractivity (Wildman–Crippen MR) is 89.5 cm³/mol. The highest BCUT2D eigenvalue weighted by Crippen LogP contribution is 2.27. The molecule has 1 N–H and O–H groups in total. The van der Waals surface area contributed by atoms with Crippen LogP contribution in [0, 0.1) is 0 Å². The molecule has 1 aliphatic heterocycles. The number of fused-ring (bicyclic) bond motifs is 1. The first kappa shape index (κ1) is 15.8. The summed E-state index contributed by atoms with van der Waals surface area (Å²) in [6.45, 7) is 7.17. The summed E-state index contributed by atoms with van der Waals surface area (Å²) < 4.78 is 5.27. The average molecular weight is 316 g/mol. The Morgan fingerprint density at radius 1 is 1.35 bits per heavy atom. The van der Waals surface area contributed by atoms with Gasteiger partial charge >= 0.3 is 0 Å². The number of hydrogen-bond donors (Lipinski definition) is 1. The van der Waals surface area contributed by atoms with Crippen molar-refractivity contribution >= 4 is 16.9 Å². The Labute approximate surface area is 136 Å². The smallest absolute Gasteiger partial charge is 0.219 e. The maximum Gasteiger partial charge on any atom is 0.219 e. The molecule has 0 aliphatic carbocycles. The van der Waals surface area contributed by atoms with Gasteiger partial charge in [-0.25, -0.2) is 4.98 Å². The first-order valence-electron chi connectivity index (χ1n) is 8.15. The van der Waals surface area contributed by atoms with Crippen molar-refractivity contribution in [1.29, 1.82) is 0 Å². The number of nitrogens with zero attached hydrogens (tertiary/aromatic N) is 3. The van der Waals surface area contributed by atoms with Crippen molar-refractivity contribution in [3.8, 4) is 5.75 Å². The van der Waals surface area contributed by atoms with Crippen molar-refractivity contribution < 1.29 is 9.53 Å². The van der Waals surface area contributed by atoms with Crippen LogP contribution >= 0.6 is 0 Å². The number of hydrogen-bond acceptors (Lipinski definition) is 4. The molecule has 2 aromatic rings. The number of benzene rings is 1. The SMILES string of the molecule is CCC(c1nc2ccc(OC)cc2[nH]1)N1CCN(C(C)=O)CC1. The highest BCUT2D eigenvalue weighted by Gasteiger charge is 2.26. The van der Waals surface area contributed by atoms with Gasteiger partial charge in [0.1, 0.15) is 11.6 Å². The van der Waals surface area contributed by atoms with Gasteiger partial charge in [-0.05, 0) is 18.6 Å². The van der Waals surface area contributed by atoms with Crippen LogP contribution in [0.3, 0.4) is 0 Å². The van der Waals surface area contributed by atoms with Crippen LogP contribution in [0.2, 0.25) is 0 Å². The number of H-pyrrole nitrogens is 1. The van der Waals surface area contributed by atoms with Crippen LogP contribution in [0.4, 0.5) is 0 Å². The maximum atomic E-state index is 11.5. The minimum Gasteiger partial charge on any atom is -0.497 e. The third-order valence-electron chi connectivity index (χ3n) is 4.61. The molecule has 1 amide bonds. The molecule has 0 radical (unpaired) electrons. The van der Waals surface area contributed by atoms with Crippen molar-refractivity contribution in [1.82, 2.24) is 19.8 Å². The summed E-state index contributed by atoms with van der Waals surface area (Å²) in [5, 5.41) is 0. The van der Waals surface area contributed by atoms with E-state index in [0.29, 0.717) is 0 Å². The minimum atomic E-state index is 0.161. The van der Waals surface area contributed by atoms with Gasteiger partial charge in [0.2, 0.25) is 5.91 Å². The molecule has 0 spiro atoms. The van der Waals surface area contributed by atoms with Crippen molar-refractivity contribution in [2.45, 2.75) is 26.3 Å². The van der Waals surface area contributed by atoms with Crippen molar-refractivity contribution in [3.63, 3.8) is 0 Å². The van der Waals surface area contributed by atoms with Crippen LogP contribution in [0.15, 0.2) is 18.2 Å². The van der Waals surface area contributed by atoms with E-state index in [1.54, 1.807) is 14.0 Å². The van der Waals surface area contributed by atoms with Gasteiger partial charge in [0.15, 0.2) is 0 Å². The van der Waals surface area contributed by atoms with E-state index in [-0.39, 0.29) is 11.9 Å². The minimum absolute atomic E-state index is 0.161. The molecule has 23 heavy (non-hydrogen) atoms. The second kappa shape index (κ2) is 6.58. The number of carbonyl (C=O) groups excluding carboxylic acids is 1. The number of ether oxygens (including phenoxy) is 1. The van der Waals surface area contributed by atoms with Gasteiger partial charge in [-0.15, -0.1) is 0 Å². The lowest BCUT2D eigenvalue weighted by Crippen LogP contribution is -2.49. The molecule has 6 heteroatoms. The van der Waals surface area contributed by atoms with E-state index in [9.17, 15) is 4.79 Å². The van der Waals surface area contributed by atoms with Gasteiger partial charge in [0.05, 0.1) is 24.2 Å². The second-order valence-corrected chi connectivity index (χ2v) is 5.97. The molecule has 1 aromatic heterocycles. The number of nitrogens with one attached hydrogen (secondary N) is 1. The molecule has 124 valence electrons. The van der Waals surface area contributed by atoms with Gasteiger partial charge in [-0.2, -0.15) is 0 Å². The van der Waals surface area contributed by atoms with Crippen molar-refractivity contribution in [2.75, 3.05) is 33.3 Å². The number of aromatic amines is 1. The molecular formula is C17H24N4O2. The number of aromatic nitrogens is 2. The largest absolute Gasteiger partial charge is 0.497 e. The van der Waals surface area contributed by atoms with E-state index in [2.05, 4.69) is 16.8 Å². The quantitative estimate of drug-likeness (QED) is 0.939. The molecule has 0 bridgehead atoms. The van der Waals surface area contributed by atoms with E-state index in [1.807, 2.05) is 23.1 Å². The molecule has 6 nitrogen and oxygen atoms in total. The third kappa shape index (κ3) is 3.17. The van der Waals surface area contributed by atoms with E-state index in [0.717, 1.165) is 55.2 Å². The Morgan fingerprint density at radius 2 is 2.09 bits per heavy atom. The second-order valence-electron chi connectivity index (χ2n) is 5.97. The summed E-state index contributed by atoms with van der Waals surface area (Å²) in [5.74, 6) is 1.98. The van der Waals surface area contributed by atoms with Gasteiger partial charge in [-0.1, -0.05) is 6.92 Å². The van der Waals surface area contributed by atoms with Gasteiger partial charge in [0, 0.05) is 39.2 Å². The lowest BCUT2D eigenvalue weighted by molar-refractivity contribution is -0.130. The standard InChI is InChI=1S/C17H24N4O2/c1-4-16(21-9-7-20(8-10-21)12(2)22)17-18-14-6-5-13(23-3)11-15(14)19-17/h5-6,11,16H,4,7-10H2,1-3H3,(H,18,19). The highest BCUT2D eigenvalue weighted by atomic mass is 16.5. The number of piperazine rings is 1. The molecule has 1 unspecified atom stereocenters. The van der Waals surface area contributed by atoms with E-state index >= 15 is 0 Å². The Morgan fingerprint density at radius 3 is 2.70 bits per heavy atom. The molecule has 1 aromatic carbocycles. The maximum absolute atomic E-state index is 11.5. The fourth-order valence-corrected chi connectivity index (χ4v) is 3.27. The summed E-state index contributed by atoms with van der Waals surface area (Å²) in [6, 6.07) is 6.14. The first-order valence-corrected chi connectivity index (χ1v) is 8.15. The van der Waals surface area contributed by atoms with Crippen LogP contribution < -0.4 is 4.74 Å². The normalized spacial score (nSPS) is 17.4. The molecule has 1 atom stereocenters. The Bertz CT molecular complexity index is 689. The molecular weight excluding hydrogens is 292 g/mol. The summed E-state index contributed by atoms with van der Waals surface area (Å²) in [4.78, 5) is 24.0. The Kier molecular flexibility index (Phi) is 4.52. The lowest BCUT2D eigenvalue weighted by Gasteiger charge is -2.38. The number of amides is 1. The summed E-state index contributed by atoms with van der Waals surface area (Å²) >= 11 is 0. The molecule has 1 saturated heterocycles. The summed E-state index contributed by atoms with van der Waals surface area (Å²) in [6.07, 6.45) is 0.983. The summed E-state index contributed by atoms with van der Waals surface area (Å²) in [7, 11) is 1.67. The van der Waals surface area contributed by atoms with Crippen molar-refractivity contribution in [3.05, 3.63) is 24.0 Å².